The molecule has 0 bridgehead atoms. The van der Waals surface area contributed by atoms with Gasteiger partial charge in [-0.2, -0.15) is 0 Å². The standard InChI is InChI=1S/C12H20Si2/c1-10(2)9-13-11-5-7-12(8-6-11)14(3)4/h5-9,14H,13H2,1-4H3. The highest BCUT2D eigenvalue weighted by Crippen LogP contribution is 1.89. The highest BCUT2D eigenvalue weighted by atomic mass is 28.3. The minimum atomic E-state index is -0.589. The minimum Gasteiger partial charge on any atom is -0.0975 e. The van der Waals surface area contributed by atoms with Gasteiger partial charge in [-0.1, -0.05) is 59.0 Å². The predicted octanol–water partition coefficient (Wildman–Crippen LogP) is 1.10. The topological polar surface area (TPSA) is 0 Å². The van der Waals surface area contributed by atoms with Crippen molar-refractivity contribution in [2.45, 2.75) is 26.9 Å². The zero-order chi connectivity index (χ0) is 10.6. The number of hydrogen-bond donors (Lipinski definition) is 0. The Balaban J connectivity index is 2.69. The lowest BCUT2D eigenvalue weighted by Crippen LogP contribution is -2.25. The van der Waals surface area contributed by atoms with Crippen LogP contribution in [0.3, 0.4) is 0 Å². The summed E-state index contributed by atoms with van der Waals surface area (Å²) < 4.78 is 0. The van der Waals surface area contributed by atoms with Crippen molar-refractivity contribution >= 4 is 28.7 Å². The molecule has 14 heavy (non-hydrogen) atoms. The van der Waals surface area contributed by atoms with Gasteiger partial charge in [0.05, 0.1) is 18.3 Å². The van der Waals surface area contributed by atoms with Crippen molar-refractivity contribution in [3.8, 4) is 0 Å². The molecule has 1 rings (SSSR count). The molecule has 0 fully saturated rings. The van der Waals surface area contributed by atoms with Crippen LogP contribution in [-0.2, 0) is 0 Å². The van der Waals surface area contributed by atoms with Crippen molar-refractivity contribution in [2.75, 3.05) is 0 Å². The zero-order valence-corrected chi connectivity index (χ0v) is 12.2. The molecule has 0 aliphatic rings. The first-order valence-electron chi connectivity index (χ1n) is 5.32. The second-order valence-corrected chi connectivity index (χ2v) is 8.99. The maximum Gasteiger partial charge on any atom is 0.0782 e. The summed E-state index contributed by atoms with van der Waals surface area (Å²) >= 11 is 0. The Bertz CT molecular complexity index is 306. The van der Waals surface area contributed by atoms with Crippen molar-refractivity contribution in [3.05, 3.63) is 35.5 Å². The van der Waals surface area contributed by atoms with Crippen molar-refractivity contribution < 1.29 is 0 Å². The van der Waals surface area contributed by atoms with Crippen LogP contribution in [0.25, 0.3) is 0 Å². The molecule has 1 aromatic rings. The molecule has 76 valence electrons. The van der Waals surface area contributed by atoms with Gasteiger partial charge >= 0.3 is 0 Å². The third-order valence-electron chi connectivity index (χ3n) is 2.39. The monoisotopic (exact) mass is 220 g/mol. The summed E-state index contributed by atoms with van der Waals surface area (Å²) in [6, 6.07) is 9.32. The maximum atomic E-state index is 2.42. The molecule has 2 heteroatoms. The molecular formula is C12H20Si2. The molecule has 0 saturated carbocycles. The van der Waals surface area contributed by atoms with E-state index in [0.717, 1.165) is 0 Å². The molecule has 0 atom stereocenters. The summed E-state index contributed by atoms with van der Waals surface area (Å²) in [6.45, 7) is 9.12. The quantitative estimate of drug-likeness (QED) is 0.669. The van der Waals surface area contributed by atoms with Gasteiger partial charge in [-0.25, -0.2) is 0 Å². The third kappa shape index (κ3) is 3.64. The van der Waals surface area contributed by atoms with Crippen LogP contribution in [0.4, 0.5) is 0 Å². The largest absolute Gasteiger partial charge is 0.0975 e. The van der Waals surface area contributed by atoms with E-state index in [-0.39, 0.29) is 9.52 Å². The van der Waals surface area contributed by atoms with Crippen molar-refractivity contribution in [1.29, 1.82) is 0 Å². The summed E-state index contributed by atoms with van der Waals surface area (Å²) in [5, 5.41) is 3.14. The van der Waals surface area contributed by atoms with E-state index in [2.05, 4.69) is 56.9 Å². The molecule has 0 radical (unpaired) electrons. The van der Waals surface area contributed by atoms with E-state index < -0.39 is 8.80 Å². The second kappa shape index (κ2) is 5.32. The van der Waals surface area contributed by atoms with E-state index >= 15 is 0 Å². The normalized spacial score (nSPS) is 11.2. The van der Waals surface area contributed by atoms with Crippen LogP contribution in [0.2, 0.25) is 13.1 Å². The molecule has 0 saturated heterocycles. The molecule has 0 aromatic heterocycles. The summed E-state index contributed by atoms with van der Waals surface area (Å²) in [4.78, 5) is 0. The smallest absolute Gasteiger partial charge is 0.0782 e. The molecule has 0 nitrogen and oxygen atoms in total. The van der Waals surface area contributed by atoms with E-state index in [1.54, 1.807) is 10.4 Å². The Hall–Kier alpha value is -0.606. The van der Waals surface area contributed by atoms with Gasteiger partial charge in [-0.05, 0) is 13.8 Å². The Morgan fingerprint density at radius 2 is 1.71 bits per heavy atom. The Morgan fingerprint density at radius 1 is 1.14 bits per heavy atom. The first kappa shape index (κ1) is 11.5. The summed E-state index contributed by atoms with van der Waals surface area (Å²) in [6.07, 6.45) is 0. The first-order chi connectivity index (χ1) is 6.59. The van der Waals surface area contributed by atoms with E-state index in [9.17, 15) is 0 Å². The van der Waals surface area contributed by atoms with Gasteiger partial charge in [-0.3, -0.25) is 0 Å². The molecule has 0 heterocycles. The van der Waals surface area contributed by atoms with Gasteiger partial charge in [0, 0.05) is 0 Å². The molecule has 1 aromatic carbocycles. The van der Waals surface area contributed by atoms with Gasteiger partial charge in [-0.15, -0.1) is 0 Å². The van der Waals surface area contributed by atoms with Crippen LogP contribution in [0, 0.1) is 0 Å². The fourth-order valence-corrected chi connectivity index (χ4v) is 3.47. The Kier molecular flexibility index (Phi) is 4.36. The molecular weight excluding hydrogens is 200 g/mol. The van der Waals surface area contributed by atoms with E-state index in [1.807, 2.05) is 0 Å². The predicted molar refractivity (Wildman–Crippen MR) is 72.6 cm³/mol. The van der Waals surface area contributed by atoms with E-state index in [0.29, 0.717) is 0 Å². The maximum absolute atomic E-state index is 2.42. The number of rotatable bonds is 3. The number of allylic oxidation sites excluding steroid dienone is 1. The van der Waals surface area contributed by atoms with E-state index in [4.69, 9.17) is 0 Å². The van der Waals surface area contributed by atoms with Crippen LogP contribution >= 0.6 is 0 Å². The van der Waals surface area contributed by atoms with Gasteiger partial charge in [0.25, 0.3) is 0 Å². The SMILES string of the molecule is CC(C)=C[SiH2]c1ccc([SiH](C)C)cc1. The fourth-order valence-electron chi connectivity index (χ4n) is 1.36. The van der Waals surface area contributed by atoms with Gasteiger partial charge in [0.15, 0.2) is 0 Å². The molecule has 0 unspecified atom stereocenters. The van der Waals surface area contributed by atoms with Crippen LogP contribution in [0.5, 0.6) is 0 Å². The molecule has 0 aliphatic heterocycles. The second-order valence-electron chi connectivity index (χ2n) is 4.38. The van der Waals surface area contributed by atoms with Gasteiger partial charge < -0.3 is 0 Å². The van der Waals surface area contributed by atoms with Gasteiger partial charge in [0.2, 0.25) is 0 Å². The highest BCUT2D eigenvalue weighted by molar-refractivity contribution is 6.71. The lowest BCUT2D eigenvalue weighted by atomic mass is 10.4. The number of hydrogen-bond acceptors (Lipinski definition) is 0. The summed E-state index contributed by atoms with van der Waals surface area (Å²) in [5.74, 6) is 0. The Labute approximate surface area is 91.5 Å². The summed E-state index contributed by atoms with van der Waals surface area (Å²) in [7, 11) is -0.735. The molecule has 0 amide bonds. The Morgan fingerprint density at radius 3 is 2.14 bits per heavy atom. The van der Waals surface area contributed by atoms with Crippen molar-refractivity contribution in [3.63, 3.8) is 0 Å². The lowest BCUT2D eigenvalue weighted by Gasteiger charge is -2.04. The van der Waals surface area contributed by atoms with Crippen molar-refractivity contribution in [1.82, 2.24) is 0 Å². The zero-order valence-electron chi connectivity index (χ0n) is 9.67. The first-order valence-corrected chi connectivity index (χ1v) is 9.73. The number of benzene rings is 1. The van der Waals surface area contributed by atoms with E-state index in [1.165, 1.54) is 5.57 Å². The fraction of sp³-hybridized carbons (Fsp3) is 0.333. The average Bonchev–Trinajstić information content (AvgIpc) is 2.15. The van der Waals surface area contributed by atoms with Crippen LogP contribution < -0.4 is 10.4 Å². The summed E-state index contributed by atoms with van der Waals surface area (Å²) in [5.41, 5.74) is 3.88. The average molecular weight is 220 g/mol. The lowest BCUT2D eigenvalue weighted by molar-refractivity contribution is 1.41. The van der Waals surface area contributed by atoms with Crippen molar-refractivity contribution in [2.24, 2.45) is 0 Å². The third-order valence-corrected chi connectivity index (χ3v) is 6.07. The molecule has 0 aliphatic carbocycles. The van der Waals surface area contributed by atoms with Crippen LogP contribution in [-0.4, -0.2) is 18.3 Å². The minimum absolute atomic E-state index is 0.146. The van der Waals surface area contributed by atoms with Crippen LogP contribution in [0.1, 0.15) is 13.8 Å². The highest BCUT2D eigenvalue weighted by Gasteiger charge is 1.99. The molecule has 0 spiro atoms. The molecule has 0 N–H and O–H groups in total. The van der Waals surface area contributed by atoms with Gasteiger partial charge in [0.1, 0.15) is 0 Å². The van der Waals surface area contributed by atoms with Crippen LogP contribution in [0.15, 0.2) is 35.5 Å².